The molecule has 2 aromatic heterocycles. The normalized spacial score (nSPS) is 11.3. The third-order valence-electron chi connectivity index (χ3n) is 2.65. The van der Waals surface area contributed by atoms with Crippen LogP contribution >= 0.6 is 11.8 Å². The second-order valence-electron chi connectivity index (χ2n) is 4.06. The Hall–Kier alpha value is -1.96. The lowest BCUT2D eigenvalue weighted by atomic mass is 10.3. The van der Waals surface area contributed by atoms with E-state index in [1.54, 1.807) is 0 Å². The van der Waals surface area contributed by atoms with Gasteiger partial charge in [-0.15, -0.1) is 10.2 Å². The molecule has 1 N–H and O–H groups in total. The molecule has 104 valence electrons. The van der Waals surface area contributed by atoms with Crippen molar-refractivity contribution in [3.05, 3.63) is 35.5 Å². The van der Waals surface area contributed by atoms with Crippen molar-refractivity contribution in [2.45, 2.75) is 24.3 Å². The minimum absolute atomic E-state index is 0.381. The summed E-state index contributed by atoms with van der Waals surface area (Å²) in [6, 6.07) is 2.15. The van der Waals surface area contributed by atoms with Gasteiger partial charge in [0.2, 0.25) is 11.8 Å². The van der Waals surface area contributed by atoms with E-state index >= 15 is 0 Å². The zero-order valence-electron chi connectivity index (χ0n) is 10.5. The number of fused-ring (bicyclic) bond motifs is 1. The van der Waals surface area contributed by atoms with Crippen molar-refractivity contribution in [3.63, 3.8) is 0 Å². The molecule has 0 aliphatic rings. The van der Waals surface area contributed by atoms with Crippen molar-refractivity contribution >= 4 is 22.8 Å². The number of rotatable bonds is 4. The van der Waals surface area contributed by atoms with E-state index in [9.17, 15) is 8.78 Å². The van der Waals surface area contributed by atoms with Gasteiger partial charge >= 0.3 is 0 Å². The minimum atomic E-state index is -0.912. The van der Waals surface area contributed by atoms with Gasteiger partial charge in [0.1, 0.15) is 0 Å². The van der Waals surface area contributed by atoms with Gasteiger partial charge in [0.25, 0.3) is 0 Å². The quantitative estimate of drug-likeness (QED) is 0.749. The smallest absolute Gasteiger partial charge is 0.226 e. The monoisotopic (exact) mass is 296 g/mol. The number of aryl methyl sites for hydroxylation is 1. The van der Waals surface area contributed by atoms with Crippen molar-refractivity contribution in [1.29, 1.82) is 0 Å². The number of hydrogen-bond donors (Lipinski definition) is 1. The van der Waals surface area contributed by atoms with Gasteiger partial charge < -0.3 is 9.40 Å². The van der Waals surface area contributed by atoms with Crippen LogP contribution in [0.2, 0.25) is 0 Å². The largest absolute Gasteiger partial charge is 0.424 e. The summed E-state index contributed by atoms with van der Waals surface area (Å²) in [6.07, 6.45) is 0.681. The van der Waals surface area contributed by atoms with Gasteiger partial charge in [0.15, 0.2) is 16.8 Å². The molecule has 0 unspecified atom stereocenters. The molecule has 20 heavy (non-hydrogen) atoms. The highest BCUT2D eigenvalue weighted by atomic mass is 32.2. The van der Waals surface area contributed by atoms with Gasteiger partial charge in [-0.3, -0.25) is 0 Å². The summed E-state index contributed by atoms with van der Waals surface area (Å²) in [5.41, 5.74) is 0.831. The van der Waals surface area contributed by atoms with Crippen LogP contribution in [-0.4, -0.2) is 20.2 Å². The second kappa shape index (κ2) is 5.20. The number of aromatic amines is 1. The van der Waals surface area contributed by atoms with Crippen molar-refractivity contribution in [2.75, 3.05) is 0 Å². The summed E-state index contributed by atoms with van der Waals surface area (Å²) in [5, 5.41) is 8.28. The first kappa shape index (κ1) is 13.0. The maximum absolute atomic E-state index is 13.1. The van der Waals surface area contributed by atoms with Gasteiger partial charge in [-0.05, 0) is 0 Å². The van der Waals surface area contributed by atoms with Crippen LogP contribution in [0.3, 0.4) is 0 Å². The van der Waals surface area contributed by atoms with Gasteiger partial charge in [-0.25, -0.2) is 13.8 Å². The molecule has 2 heterocycles. The third kappa shape index (κ3) is 2.51. The van der Waals surface area contributed by atoms with Crippen LogP contribution < -0.4 is 0 Å². The fraction of sp³-hybridized carbons (Fsp3) is 0.250. The number of hydrogen-bond acceptors (Lipinski definition) is 5. The Morgan fingerprint density at radius 2 is 1.95 bits per heavy atom. The maximum atomic E-state index is 13.1. The molecule has 3 rings (SSSR count). The van der Waals surface area contributed by atoms with Crippen molar-refractivity contribution in [3.8, 4) is 0 Å². The summed E-state index contributed by atoms with van der Waals surface area (Å²) in [7, 11) is 0. The summed E-state index contributed by atoms with van der Waals surface area (Å²) < 4.78 is 31.5. The summed E-state index contributed by atoms with van der Waals surface area (Å²) in [6.45, 7) is 1.92. The van der Waals surface area contributed by atoms with E-state index in [0.717, 1.165) is 12.1 Å². The Balaban J connectivity index is 1.77. The van der Waals surface area contributed by atoms with Crippen molar-refractivity contribution in [1.82, 2.24) is 20.2 Å². The van der Waals surface area contributed by atoms with Crippen molar-refractivity contribution in [2.24, 2.45) is 0 Å². The first-order chi connectivity index (χ1) is 9.65. The van der Waals surface area contributed by atoms with E-state index in [-0.39, 0.29) is 0 Å². The highest BCUT2D eigenvalue weighted by Crippen LogP contribution is 2.24. The molecule has 0 atom stereocenters. The number of nitrogens with zero attached hydrogens (tertiary/aromatic N) is 3. The molecule has 0 fully saturated rings. The molecule has 0 amide bonds. The summed E-state index contributed by atoms with van der Waals surface area (Å²) >= 11 is 1.33. The number of halogens is 2. The number of nitrogens with one attached hydrogen (secondary N) is 1. The Labute approximate surface area is 116 Å². The van der Waals surface area contributed by atoms with Crippen LogP contribution in [0, 0.1) is 11.6 Å². The average molecular weight is 296 g/mol. The first-order valence-electron chi connectivity index (χ1n) is 5.94. The molecule has 0 bridgehead atoms. The van der Waals surface area contributed by atoms with Gasteiger partial charge in [-0.2, -0.15) is 0 Å². The van der Waals surface area contributed by atoms with Crippen LogP contribution in [-0.2, 0) is 12.2 Å². The summed E-state index contributed by atoms with van der Waals surface area (Å²) in [4.78, 5) is 7.08. The number of H-pyrrole nitrogens is 1. The molecular formula is C12H10F2N4OS. The Morgan fingerprint density at radius 3 is 2.70 bits per heavy atom. The van der Waals surface area contributed by atoms with Gasteiger partial charge in [0.05, 0.1) is 16.8 Å². The Kier molecular flexibility index (Phi) is 3.39. The van der Waals surface area contributed by atoms with Crippen LogP contribution in [0.4, 0.5) is 8.78 Å². The first-order valence-corrected chi connectivity index (χ1v) is 6.93. The van der Waals surface area contributed by atoms with E-state index in [1.165, 1.54) is 11.8 Å². The zero-order valence-corrected chi connectivity index (χ0v) is 11.3. The fourth-order valence-electron chi connectivity index (χ4n) is 1.67. The van der Waals surface area contributed by atoms with Crippen molar-refractivity contribution < 1.29 is 13.2 Å². The lowest BCUT2D eigenvalue weighted by Gasteiger charge is -1.91. The topological polar surface area (TPSA) is 67.6 Å². The lowest BCUT2D eigenvalue weighted by Crippen LogP contribution is -1.82. The average Bonchev–Trinajstić information content (AvgIpc) is 3.03. The number of benzene rings is 1. The Morgan fingerprint density at radius 1 is 1.20 bits per heavy atom. The maximum Gasteiger partial charge on any atom is 0.226 e. The fourth-order valence-corrected chi connectivity index (χ4v) is 2.39. The van der Waals surface area contributed by atoms with Gasteiger partial charge in [0, 0.05) is 18.6 Å². The second-order valence-corrected chi connectivity index (χ2v) is 5.02. The van der Waals surface area contributed by atoms with E-state index < -0.39 is 11.6 Å². The molecule has 3 aromatic rings. The van der Waals surface area contributed by atoms with Gasteiger partial charge in [-0.1, -0.05) is 18.7 Å². The zero-order chi connectivity index (χ0) is 14.1. The molecule has 8 heteroatoms. The molecule has 0 spiro atoms. The van der Waals surface area contributed by atoms with Crippen LogP contribution in [0.15, 0.2) is 21.7 Å². The number of thioether (sulfide) groups is 1. The van der Waals surface area contributed by atoms with Crippen LogP contribution in [0.1, 0.15) is 18.7 Å². The van der Waals surface area contributed by atoms with Crippen LogP contribution in [0.5, 0.6) is 0 Å². The predicted molar refractivity (Wildman–Crippen MR) is 69.2 cm³/mol. The number of imidazole rings is 1. The molecule has 0 saturated carbocycles. The molecule has 1 aromatic carbocycles. The molecule has 0 aliphatic heterocycles. The summed E-state index contributed by atoms with van der Waals surface area (Å²) in [5.74, 6) is -0.302. The minimum Gasteiger partial charge on any atom is -0.424 e. The number of aromatic nitrogens is 4. The third-order valence-corrected chi connectivity index (χ3v) is 3.50. The SMILES string of the molecule is CCc1nnc(CSc2nc3cc(F)c(F)cc3[nH]2)o1. The van der Waals surface area contributed by atoms with E-state index in [2.05, 4.69) is 20.2 Å². The van der Waals surface area contributed by atoms with E-state index in [0.29, 0.717) is 40.1 Å². The predicted octanol–water partition coefficient (Wildman–Crippen LogP) is 3.08. The highest BCUT2D eigenvalue weighted by Gasteiger charge is 2.11. The van der Waals surface area contributed by atoms with E-state index in [4.69, 9.17) is 4.42 Å². The van der Waals surface area contributed by atoms with E-state index in [1.807, 2.05) is 6.92 Å². The highest BCUT2D eigenvalue weighted by molar-refractivity contribution is 7.98. The standard InChI is InChI=1S/C12H10F2N4OS/c1-2-10-17-18-11(19-10)5-20-12-15-8-3-6(13)7(14)4-9(8)16-12/h3-4H,2,5H2,1H3,(H,15,16). The molecule has 0 aliphatic carbocycles. The molecular weight excluding hydrogens is 286 g/mol. The van der Waals surface area contributed by atoms with Crippen LogP contribution in [0.25, 0.3) is 11.0 Å². The lowest BCUT2D eigenvalue weighted by molar-refractivity contribution is 0.470. The molecule has 0 radical (unpaired) electrons. The Bertz CT molecular complexity index is 716. The molecule has 0 saturated heterocycles. The molecule has 5 nitrogen and oxygen atoms in total.